The molecule has 9 aromatic carbocycles. The predicted molar refractivity (Wildman–Crippen MR) is 243 cm³/mol. The summed E-state index contributed by atoms with van der Waals surface area (Å²) in [6.45, 7) is 0. The quantitative estimate of drug-likeness (QED) is 0.189. The third kappa shape index (κ3) is 3.95. The Morgan fingerprint density at radius 2 is 0.897 bits per heavy atom. The summed E-state index contributed by atoms with van der Waals surface area (Å²) < 4.78 is 2.71. The number of hydrogen-bond acceptors (Lipinski definition) is 2. The minimum Gasteiger partial charge on any atom is -0.355 e. The van der Waals surface area contributed by atoms with Gasteiger partial charge in [0, 0.05) is 42.7 Å². The van der Waals surface area contributed by atoms with Crippen molar-refractivity contribution in [3.8, 4) is 33.4 Å². The zero-order valence-electron chi connectivity index (χ0n) is 31.5. The van der Waals surface area contributed by atoms with Crippen molar-refractivity contribution < 1.29 is 0 Å². The summed E-state index contributed by atoms with van der Waals surface area (Å²) in [4.78, 5) is 0. The molecular weight excluding hydrogens is 719 g/mol. The summed E-state index contributed by atoms with van der Waals surface area (Å²) in [5, 5.41) is 6.72. The van der Waals surface area contributed by atoms with Gasteiger partial charge in [0.15, 0.2) is 0 Å². The minimum atomic E-state index is -0.462. The van der Waals surface area contributed by atoms with Gasteiger partial charge in [-0.3, -0.25) is 0 Å². The van der Waals surface area contributed by atoms with E-state index in [4.69, 9.17) is 0 Å². The second kappa shape index (κ2) is 11.8. The minimum absolute atomic E-state index is 0.435. The van der Waals surface area contributed by atoms with E-state index < -0.39 is 10.8 Å². The van der Waals surface area contributed by atoms with Crippen LogP contribution in [0, 0.1) is 0 Å². The molecule has 1 spiro atoms. The molecule has 58 heavy (non-hydrogen) atoms. The molecule has 1 atom stereocenters. The predicted octanol–water partition coefficient (Wildman–Crippen LogP) is 14.5. The highest BCUT2D eigenvalue weighted by Crippen LogP contribution is 2.66. The Balaban J connectivity index is 1.03. The van der Waals surface area contributed by atoms with Gasteiger partial charge in [-0.25, -0.2) is 0 Å². The van der Waals surface area contributed by atoms with Crippen LogP contribution in [0.3, 0.4) is 0 Å². The zero-order chi connectivity index (χ0) is 38.0. The van der Waals surface area contributed by atoms with Gasteiger partial charge < -0.3 is 5.32 Å². The van der Waals surface area contributed by atoms with Crippen LogP contribution in [0.2, 0.25) is 0 Å². The highest BCUT2D eigenvalue weighted by atomic mass is 32.1. The van der Waals surface area contributed by atoms with E-state index in [0.29, 0.717) is 0 Å². The second-order valence-corrected chi connectivity index (χ2v) is 17.0. The zero-order valence-corrected chi connectivity index (χ0v) is 32.4. The lowest BCUT2D eigenvalue weighted by molar-refractivity contribution is 0.769. The van der Waals surface area contributed by atoms with E-state index in [1.165, 1.54) is 98.1 Å². The molecule has 2 heteroatoms. The Bertz CT molecular complexity index is 3280. The fraction of sp³-hybridized carbons (Fsp3) is 0.0357. The van der Waals surface area contributed by atoms with Crippen LogP contribution in [-0.4, -0.2) is 0 Å². The largest absolute Gasteiger partial charge is 0.355 e. The smallest absolute Gasteiger partial charge is 0.0726 e. The fourth-order valence-electron chi connectivity index (χ4n) is 11.2. The number of thiophene rings is 1. The van der Waals surface area contributed by atoms with E-state index in [1.807, 2.05) is 11.3 Å². The molecule has 1 nitrogen and oxygen atoms in total. The Morgan fingerprint density at radius 1 is 0.345 bits per heavy atom. The molecule has 1 heterocycles. The highest BCUT2D eigenvalue weighted by molar-refractivity contribution is 7.26. The van der Waals surface area contributed by atoms with E-state index in [0.717, 1.165) is 11.4 Å². The van der Waals surface area contributed by atoms with Crippen LogP contribution in [0.4, 0.5) is 11.4 Å². The molecule has 0 saturated heterocycles. The molecule has 1 N–H and O–H groups in total. The summed E-state index contributed by atoms with van der Waals surface area (Å²) in [7, 11) is 0. The van der Waals surface area contributed by atoms with E-state index >= 15 is 0 Å². The molecule has 13 rings (SSSR count). The van der Waals surface area contributed by atoms with E-state index in [2.05, 4.69) is 212 Å². The van der Waals surface area contributed by atoms with E-state index in [1.54, 1.807) is 0 Å². The molecule has 0 aliphatic heterocycles. The summed E-state index contributed by atoms with van der Waals surface area (Å²) in [6, 6.07) is 77.1. The lowest BCUT2D eigenvalue weighted by atomic mass is 9.67. The van der Waals surface area contributed by atoms with Crippen LogP contribution in [0.25, 0.3) is 53.6 Å². The third-order valence-corrected chi connectivity index (χ3v) is 14.6. The van der Waals surface area contributed by atoms with E-state index in [9.17, 15) is 0 Å². The van der Waals surface area contributed by atoms with Crippen LogP contribution < -0.4 is 5.32 Å². The van der Waals surface area contributed by atoms with Crippen LogP contribution in [0.1, 0.15) is 44.5 Å². The molecule has 270 valence electrons. The summed E-state index contributed by atoms with van der Waals surface area (Å²) >= 11 is 1.93. The molecule has 0 radical (unpaired) electrons. The van der Waals surface area contributed by atoms with Gasteiger partial charge in [-0.1, -0.05) is 182 Å². The number of rotatable bonds is 4. The number of fused-ring (bicyclic) bond motifs is 17. The first-order valence-electron chi connectivity index (χ1n) is 20.2. The molecule has 1 unspecified atom stereocenters. The highest BCUT2D eigenvalue weighted by Gasteiger charge is 2.53. The third-order valence-electron chi connectivity index (χ3n) is 13.4. The van der Waals surface area contributed by atoms with Gasteiger partial charge in [0.25, 0.3) is 0 Å². The Labute approximate surface area is 341 Å². The first-order valence-corrected chi connectivity index (χ1v) is 21.0. The van der Waals surface area contributed by atoms with Crippen molar-refractivity contribution in [3.05, 3.63) is 251 Å². The lowest BCUT2D eigenvalue weighted by Crippen LogP contribution is -2.28. The summed E-state index contributed by atoms with van der Waals surface area (Å²) in [5.74, 6) is 0. The van der Waals surface area contributed by atoms with Crippen LogP contribution >= 0.6 is 11.3 Å². The maximum absolute atomic E-state index is 4.05. The maximum Gasteiger partial charge on any atom is 0.0726 e. The number of nitrogens with one attached hydrogen (secondary N) is 1. The molecule has 1 aromatic heterocycles. The van der Waals surface area contributed by atoms with Crippen molar-refractivity contribution in [2.24, 2.45) is 0 Å². The molecule has 0 bridgehead atoms. The molecule has 0 saturated carbocycles. The fourth-order valence-corrected chi connectivity index (χ4v) is 12.5. The first-order chi connectivity index (χ1) is 28.8. The van der Waals surface area contributed by atoms with E-state index in [-0.39, 0.29) is 0 Å². The number of hydrogen-bond donors (Lipinski definition) is 1. The first kappa shape index (κ1) is 32.1. The lowest BCUT2D eigenvalue weighted by Gasteiger charge is -2.34. The SMILES string of the molecule is c1ccc(C2(c3ccccc3)c3ccccc3-c3ccc(Nc4cccc5c4-c4ccccc4C54c5ccccc5-c5c4ccc4c5sc5ccccc54)cc32)cc1. The van der Waals surface area contributed by atoms with Gasteiger partial charge in [0.05, 0.1) is 10.8 Å². The van der Waals surface area contributed by atoms with Gasteiger partial charge in [0.2, 0.25) is 0 Å². The maximum atomic E-state index is 4.05. The Hall–Kier alpha value is -7.00. The summed E-state index contributed by atoms with van der Waals surface area (Å²) in [5.41, 5.74) is 19.7. The average Bonchev–Trinajstić information content (AvgIpc) is 4.00. The van der Waals surface area contributed by atoms with Crippen molar-refractivity contribution in [2.75, 3.05) is 5.32 Å². The van der Waals surface area contributed by atoms with Gasteiger partial charge in [-0.15, -0.1) is 11.3 Å². The summed E-state index contributed by atoms with van der Waals surface area (Å²) in [6.07, 6.45) is 0. The Kier molecular flexibility index (Phi) is 6.52. The standard InChI is InChI=1S/C56H35NS/c1-3-16-35(17-4-1)55(36-18-5-2-6-19-36)44-24-11-7-20-38(44)39-31-30-37(34-49(39)55)57-50-28-15-27-47-52(50)42-22-8-12-25-45(42)56(47)46-26-13-9-23-43(46)53-48(56)33-32-41-40-21-10-14-29-51(40)58-54(41)53/h1-34,57H. The molecular formula is C56H35NS. The molecule has 3 aliphatic carbocycles. The van der Waals surface area contributed by atoms with Crippen molar-refractivity contribution >= 4 is 42.9 Å². The van der Waals surface area contributed by atoms with Crippen molar-refractivity contribution in [1.82, 2.24) is 0 Å². The van der Waals surface area contributed by atoms with Gasteiger partial charge in [0.1, 0.15) is 0 Å². The van der Waals surface area contributed by atoms with Crippen LogP contribution in [-0.2, 0) is 10.8 Å². The topological polar surface area (TPSA) is 12.0 Å². The molecule has 0 amide bonds. The Morgan fingerprint density at radius 3 is 1.62 bits per heavy atom. The second-order valence-electron chi connectivity index (χ2n) is 15.9. The average molecular weight is 754 g/mol. The molecule has 3 aliphatic rings. The van der Waals surface area contributed by atoms with Gasteiger partial charge in [-0.2, -0.15) is 0 Å². The van der Waals surface area contributed by atoms with Gasteiger partial charge in [-0.05, 0) is 91.0 Å². The van der Waals surface area contributed by atoms with Crippen LogP contribution in [0.15, 0.2) is 206 Å². The van der Waals surface area contributed by atoms with Gasteiger partial charge >= 0.3 is 0 Å². The van der Waals surface area contributed by atoms with Crippen molar-refractivity contribution in [1.29, 1.82) is 0 Å². The normalized spacial score (nSPS) is 16.1. The van der Waals surface area contributed by atoms with Crippen molar-refractivity contribution in [3.63, 3.8) is 0 Å². The molecule has 10 aromatic rings. The number of benzene rings is 9. The van der Waals surface area contributed by atoms with Crippen LogP contribution in [0.5, 0.6) is 0 Å². The van der Waals surface area contributed by atoms with Crippen molar-refractivity contribution in [2.45, 2.75) is 10.8 Å². The molecule has 0 fully saturated rings. The monoisotopic (exact) mass is 753 g/mol. The number of anilines is 2.